The molecule has 4 rings (SSSR count). The van der Waals surface area contributed by atoms with E-state index in [0.29, 0.717) is 6.54 Å². The van der Waals surface area contributed by atoms with Crippen LogP contribution < -0.4 is 10.2 Å². The lowest BCUT2D eigenvalue weighted by Crippen LogP contribution is -2.49. The van der Waals surface area contributed by atoms with Crippen LogP contribution in [0, 0.1) is 10.1 Å². The number of rotatable bonds is 7. The van der Waals surface area contributed by atoms with Crippen molar-refractivity contribution in [3.8, 4) is 0 Å². The highest BCUT2D eigenvalue weighted by atomic mass is 16.6. The summed E-state index contributed by atoms with van der Waals surface area (Å²) in [5.41, 5.74) is 1.37. The monoisotopic (exact) mass is 420 g/mol. The standard InChI is InChI=1S/C23H24N4O4/c28-23(18-6-4-9-20(16-18)27(29)30)24-17-21(22-10-5-15-31-22)26-13-11-25(12-14-26)19-7-2-1-3-8-19/h1-10,15-16,21H,11-14,17H2,(H,24,28)/t21-/m1/s1. The second-order valence-electron chi connectivity index (χ2n) is 7.41. The molecule has 0 aliphatic carbocycles. The average molecular weight is 420 g/mol. The van der Waals surface area contributed by atoms with Crippen LogP contribution >= 0.6 is 0 Å². The molecule has 3 aromatic rings. The van der Waals surface area contributed by atoms with Gasteiger partial charge in [0.2, 0.25) is 0 Å². The smallest absolute Gasteiger partial charge is 0.270 e. The Morgan fingerprint density at radius 3 is 2.48 bits per heavy atom. The molecular weight excluding hydrogens is 396 g/mol. The van der Waals surface area contributed by atoms with Crippen molar-refractivity contribution < 1.29 is 14.1 Å². The van der Waals surface area contributed by atoms with E-state index in [1.54, 1.807) is 12.3 Å². The number of carbonyl (C=O) groups is 1. The highest BCUT2D eigenvalue weighted by molar-refractivity contribution is 5.94. The largest absolute Gasteiger partial charge is 0.468 e. The van der Waals surface area contributed by atoms with E-state index in [0.717, 1.165) is 31.9 Å². The molecule has 0 unspecified atom stereocenters. The van der Waals surface area contributed by atoms with Crippen molar-refractivity contribution in [2.24, 2.45) is 0 Å². The molecule has 1 N–H and O–H groups in total. The number of nitro groups is 1. The second-order valence-corrected chi connectivity index (χ2v) is 7.41. The molecule has 0 spiro atoms. The minimum Gasteiger partial charge on any atom is -0.468 e. The van der Waals surface area contributed by atoms with Gasteiger partial charge in [-0.2, -0.15) is 0 Å². The van der Waals surface area contributed by atoms with Crippen molar-refractivity contribution in [1.29, 1.82) is 0 Å². The highest BCUT2D eigenvalue weighted by Crippen LogP contribution is 2.24. The Morgan fingerprint density at radius 2 is 1.81 bits per heavy atom. The van der Waals surface area contributed by atoms with Crippen molar-refractivity contribution in [3.63, 3.8) is 0 Å². The summed E-state index contributed by atoms with van der Waals surface area (Å²) in [6.45, 7) is 3.75. The number of nitrogens with one attached hydrogen (secondary N) is 1. The summed E-state index contributed by atoms with van der Waals surface area (Å²) < 4.78 is 5.65. The van der Waals surface area contributed by atoms with Gasteiger partial charge in [0.1, 0.15) is 5.76 Å². The summed E-state index contributed by atoms with van der Waals surface area (Å²) in [5, 5.41) is 13.9. The number of nitro benzene ring substituents is 1. The van der Waals surface area contributed by atoms with Crippen LogP contribution in [0.5, 0.6) is 0 Å². The fourth-order valence-electron chi connectivity index (χ4n) is 3.87. The Bertz CT molecular complexity index is 1020. The zero-order valence-electron chi connectivity index (χ0n) is 17.0. The molecule has 2 heterocycles. The summed E-state index contributed by atoms with van der Waals surface area (Å²) in [7, 11) is 0. The number of benzene rings is 2. The van der Waals surface area contributed by atoms with E-state index in [1.165, 1.54) is 23.9 Å². The quantitative estimate of drug-likeness (QED) is 0.465. The summed E-state index contributed by atoms with van der Waals surface area (Å²) >= 11 is 0. The Balaban J connectivity index is 1.42. The summed E-state index contributed by atoms with van der Waals surface area (Å²) in [6, 6.07) is 19.7. The molecular formula is C23H24N4O4. The van der Waals surface area contributed by atoms with Gasteiger partial charge in [0.25, 0.3) is 11.6 Å². The first kappa shape index (κ1) is 20.6. The lowest BCUT2D eigenvalue weighted by atomic mass is 10.1. The topological polar surface area (TPSA) is 91.9 Å². The van der Waals surface area contributed by atoms with Gasteiger partial charge in [-0.05, 0) is 30.3 Å². The number of para-hydroxylation sites is 1. The normalized spacial score (nSPS) is 15.4. The predicted octanol–water partition coefficient (Wildman–Crippen LogP) is 3.48. The summed E-state index contributed by atoms with van der Waals surface area (Å²) in [5.74, 6) is 0.440. The van der Waals surface area contributed by atoms with E-state index in [9.17, 15) is 14.9 Å². The minimum absolute atomic E-state index is 0.104. The van der Waals surface area contributed by atoms with Crippen LogP contribution in [0.25, 0.3) is 0 Å². The Labute approximate surface area is 180 Å². The number of non-ortho nitro benzene ring substituents is 1. The van der Waals surface area contributed by atoms with Gasteiger partial charge in [0.05, 0.1) is 17.2 Å². The molecule has 1 aromatic heterocycles. The van der Waals surface area contributed by atoms with Gasteiger partial charge in [0, 0.05) is 56.1 Å². The SMILES string of the molecule is O=C(NC[C@H](c1ccco1)N1CCN(c2ccccc2)CC1)c1cccc([N+](=O)[O-])c1. The van der Waals surface area contributed by atoms with Crippen LogP contribution in [0.3, 0.4) is 0 Å². The first-order valence-electron chi connectivity index (χ1n) is 10.2. The van der Waals surface area contributed by atoms with Crippen LogP contribution in [0.4, 0.5) is 11.4 Å². The maximum Gasteiger partial charge on any atom is 0.270 e. The van der Waals surface area contributed by atoms with Crippen molar-refractivity contribution in [3.05, 3.63) is 94.4 Å². The molecule has 1 saturated heterocycles. The average Bonchev–Trinajstić information content (AvgIpc) is 3.35. The number of piperazine rings is 1. The lowest BCUT2D eigenvalue weighted by molar-refractivity contribution is -0.384. The highest BCUT2D eigenvalue weighted by Gasteiger charge is 2.27. The van der Waals surface area contributed by atoms with Crippen LogP contribution in [0.15, 0.2) is 77.4 Å². The van der Waals surface area contributed by atoms with E-state index in [2.05, 4.69) is 27.2 Å². The zero-order chi connectivity index (χ0) is 21.6. The molecule has 1 aliphatic heterocycles. The predicted molar refractivity (Wildman–Crippen MR) is 117 cm³/mol. The van der Waals surface area contributed by atoms with E-state index >= 15 is 0 Å². The number of furan rings is 1. The van der Waals surface area contributed by atoms with Crippen molar-refractivity contribution >= 4 is 17.3 Å². The third-order valence-electron chi connectivity index (χ3n) is 5.52. The second kappa shape index (κ2) is 9.44. The van der Waals surface area contributed by atoms with Gasteiger partial charge >= 0.3 is 0 Å². The van der Waals surface area contributed by atoms with Gasteiger partial charge in [-0.15, -0.1) is 0 Å². The fourth-order valence-corrected chi connectivity index (χ4v) is 3.87. The fraction of sp³-hybridized carbons (Fsp3) is 0.261. The number of hydrogen-bond acceptors (Lipinski definition) is 6. The molecule has 31 heavy (non-hydrogen) atoms. The first-order chi connectivity index (χ1) is 15.1. The Kier molecular flexibility index (Phi) is 6.28. The first-order valence-corrected chi connectivity index (χ1v) is 10.2. The van der Waals surface area contributed by atoms with Crippen LogP contribution in [0.1, 0.15) is 22.2 Å². The third-order valence-corrected chi connectivity index (χ3v) is 5.52. The molecule has 1 aliphatic rings. The van der Waals surface area contributed by atoms with Gasteiger partial charge < -0.3 is 14.6 Å². The van der Waals surface area contributed by atoms with E-state index < -0.39 is 4.92 Å². The van der Waals surface area contributed by atoms with E-state index in [4.69, 9.17) is 4.42 Å². The molecule has 2 aromatic carbocycles. The minimum atomic E-state index is -0.505. The van der Waals surface area contributed by atoms with E-state index in [-0.39, 0.29) is 23.2 Å². The van der Waals surface area contributed by atoms with Gasteiger partial charge in [0.15, 0.2) is 0 Å². The Morgan fingerprint density at radius 1 is 1.03 bits per heavy atom. The number of carbonyl (C=O) groups excluding carboxylic acids is 1. The van der Waals surface area contributed by atoms with Crippen molar-refractivity contribution in [2.45, 2.75) is 6.04 Å². The molecule has 8 nitrogen and oxygen atoms in total. The number of amides is 1. The molecule has 0 bridgehead atoms. The van der Waals surface area contributed by atoms with Crippen LogP contribution in [-0.2, 0) is 0 Å². The van der Waals surface area contributed by atoms with E-state index in [1.807, 2.05) is 30.3 Å². The van der Waals surface area contributed by atoms with Crippen LogP contribution in [-0.4, -0.2) is 48.5 Å². The molecule has 0 saturated carbocycles. The maximum atomic E-state index is 12.6. The lowest BCUT2D eigenvalue weighted by Gasteiger charge is -2.39. The number of anilines is 1. The molecule has 8 heteroatoms. The Hall–Kier alpha value is -3.65. The maximum absolute atomic E-state index is 12.6. The van der Waals surface area contributed by atoms with Crippen molar-refractivity contribution in [1.82, 2.24) is 10.2 Å². The van der Waals surface area contributed by atoms with Crippen LogP contribution in [0.2, 0.25) is 0 Å². The third kappa shape index (κ3) is 4.92. The van der Waals surface area contributed by atoms with Crippen molar-refractivity contribution in [2.75, 3.05) is 37.6 Å². The number of nitrogens with zero attached hydrogens (tertiary/aromatic N) is 3. The molecule has 1 amide bonds. The molecule has 160 valence electrons. The number of hydrogen-bond donors (Lipinski definition) is 1. The summed E-state index contributed by atoms with van der Waals surface area (Å²) in [6.07, 6.45) is 1.63. The zero-order valence-corrected chi connectivity index (χ0v) is 17.0. The van der Waals surface area contributed by atoms with Gasteiger partial charge in [-0.25, -0.2) is 0 Å². The molecule has 1 fully saturated rings. The summed E-state index contributed by atoms with van der Waals surface area (Å²) in [4.78, 5) is 27.7. The van der Waals surface area contributed by atoms with Gasteiger partial charge in [-0.3, -0.25) is 19.8 Å². The van der Waals surface area contributed by atoms with Gasteiger partial charge in [-0.1, -0.05) is 24.3 Å². The molecule has 0 radical (unpaired) electrons. The molecule has 1 atom stereocenters.